The summed E-state index contributed by atoms with van der Waals surface area (Å²) in [4.78, 5) is 13.5. The zero-order valence-electron chi connectivity index (χ0n) is 9.71. The summed E-state index contributed by atoms with van der Waals surface area (Å²) < 4.78 is 0. The molecule has 0 saturated carbocycles. The van der Waals surface area contributed by atoms with Crippen LogP contribution in [0.25, 0.3) is 0 Å². The molecule has 1 amide bonds. The Morgan fingerprint density at radius 1 is 1.43 bits per heavy atom. The molecule has 0 bridgehead atoms. The fourth-order valence-electron chi connectivity index (χ4n) is 1.77. The van der Waals surface area contributed by atoms with Crippen LogP contribution in [0.1, 0.15) is 34.1 Å². The Hall–Kier alpha value is -0.570. The SMILES string of the molecule is CC(C)CNC1CC(=O)N(C(C)C)C1. The summed E-state index contributed by atoms with van der Waals surface area (Å²) in [7, 11) is 0. The average Bonchev–Trinajstić information content (AvgIpc) is 2.43. The normalized spacial score (nSPS) is 22.9. The van der Waals surface area contributed by atoms with Crippen molar-refractivity contribution in [1.82, 2.24) is 10.2 Å². The molecule has 1 heterocycles. The molecule has 0 spiro atoms. The van der Waals surface area contributed by atoms with Crippen molar-refractivity contribution in [2.45, 2.75) is 46.2 Å². The first-order valence-corrected chi connectivity index (χ1v) is 5.53. The van der Waals surface area contributed by atoms with Crippen molar-refractivity contribution in [3.05, 3.63) is 0 Å². The van der Waals surface area contributed by atoms with Crippen LogP contribution < -0.4 is 5.32 Å². The lowest BCUT2D eigenvalue weighted by atomic mass is 10.2. The van der Waals surface area contributed by atoms with Crippen molar-refractivity contribution in [1.29, 1.82) is 0 Å². The van der Waals surface area contributed by atoms with Crippen molar-refractivity contribution < 1.29 is 4.79 Å². The van der Waals surface area contributed by atoms with E-state index in [-0.39, 0.29) is 0 Å². The summed E-state index contributed by atoms with van der Waals surface area (Å²) >= 11 is 0. The number of rotatable bonds is 4. The quantitative estimate of drug-likeness (QED) is 0.737. The summed E-state index contributed by atoms with van der Waals surface area (Å²) in [5, 5.41) is 3.43. The smallest absolute Gasteiger partial charge is 0.224 e. The highest BCUT2D eigenvalue weighted by atomic mass is 16.2. The molecule has 1 unspecified atom stereocenters. The standard InChI is InChI=1S/C11H22N2O/c1-8(2)6-12-10-5-11(14)13(7-10)9(3)4/h8-10,12H,5-7H2,1-4H3. The summed E-state index contributed by atoms with van der Waals surface area (Å²) in [5.74, 6) is 0.944. The highest BCUT2D eigenvalue weighted by Gasteiger charge is 2.30. The Labute approximate surface area is 86.9 Å². The molecular weight excluding hydrogens is 176 g/mol. The lowest BCUT2D eigenvalue weighted by Crippen LogP contribution is -2.37. The van der Waals surface area contributed by atoms with E-state index in [1.54, 1.807) is 0 Å². The second-order valence-corrected chi connectivity index (χ2v) is 4.84. The van der Waals surface area contributed by atoms with Gasteiger partial charge in [0.15, 0.2) is 0 Å². The van der Waals surface area contributed by atoms with Gasteiger partial charge in [0, 0.05) is 25.0 Å². The number of nitrogens with zero attached hydrogens (tertiary/aromatic N) is 1. The first-order chi connectivity index (χ1) is 6.50. The van der Waals surface area contributed by atoms with Crippen molar-refractivity contribution in [2.75, 3.05) is 13.1 Å². The fourth-order valence-corrected chi connectivity index (χ4v) is 1.77. The minimum Gasteiger partial charge on any atom is -0.339 e. The fraction of sp³-hybridized carbons (Fsp3) is 0.909. The molecule has 82 valence electrons. The van der Waals surface area contributed by atoms with E-state index in [0.717, 1.165) is 13.1 Å². The van der Waals surface area contributed by atoms with E-state index >= 15 is 0 Å². The Kier molecular flexibility index (Phi) is 3.93. The third kappa shape index (κ3) is 2.98. The number of nitrogens with one attached hydrogen (secondary N) is 1. The first kappa shape index (κ1) is 11.5. The lowest BCUT2D eigenvalue weighted by molar-refractivity contribution is -0.129. The zero-order chi connectivity index (χ0) is 10.7. The van der Waals surface area contributed by atoms with Gasteiger partial charge in [-0.15, -0.1) is 0 Å². The molecule has 3 nitrogen and oxygen atoms in total. The molecule has 0 aromatic heterocycles. The number of carbonyl (C=O) groups is 1. The molecule has 0 aromatic rings. The molecule has 0 aromatic carbocycles. The van der Waals surface area contributed by atoms with Gasteiger partial charge in [0.2, 0.25) is 5.91 Å². The van der Waals surface area contributed by atoms with Crippen LogP contribution in [0, 0.1) is 5.92 Å². The van der Waals surface area contributed by atoms with Gasteiger partial charge in [0.05, 0.1) is 0 Å². The minimum atomic E-state index is 0.293. The van der Waals surface area contributed by atoms with Crippen molar-refractivity contribution in [3.63, 3.8) is 0 Å². The van der Waals surface area contributed by atoms with E-state index < -0.39 is 0 Å². The first-order valence-electron chi connectivity index (χ1n) is 5.53. The summed E-state index contributed by atoms with van der Waals surface area (Å²) in [5.41, 5.74) is 0. The molecule has 14 heavy (non-hydrogen) atoms. The second kappa shape index (κ2) is 4.78. The molecule has 0 aliphatic carbocycles. The van der Waals surface area contributed by atoms with Gasteiger partial charge in [-0.25, -0.2) is 0 Å². The van der Waals surface area contributed by atoms with Crippen LogP contribution >= 0.6 is 0 Å². The zero-order valence-corrected chi connectivity index (χ0v) is 9.71. The Bertz CT molecular complexity index is 201. The molecule has 1 rings (SSSR count). The van der Waals surface area contributed by atoms with Gasteiger partial charge in [-0.05, 0) is 26.3 Å². The van der Waals surface area contributed by atoms with Gasteiger partial charge in [-0.3, -0.25) is 4.79 Å². The van der Waals surface area contributed by atoms with Gasteiger partial charge in [-0.2, -0.15) is 0 Å². The topological polar surface area (TPSA) is 32.3 Å². The number of carbonyl (C=O) groups excluding carboxylic acids is 1. The van der Waals surface area contributed by atoms with Crippen molar-refractivity contribution in [2.24, 2.45) is 5.92 Å². The molecular formula is C11H22N2O. The summed E-state index contributed by atoms with van der Waals surface area (Å²) in [6.07, 6.45) is 0.672. The maximum atomic E-state index is 11.6. The molecule has 1 atom stereocenters. The molecule has 1 aliphatic rings. The molecule has 1 aliphatic heterocycles. The highest BCUT2D eigenvalue weighted by Crippen LogP contribution is 2.14. The van der Waals surface area contributed by atoms with Gasteiger partial charge in [0.1, 0.15) is 0 Å². The van der Waals surface area contributed by atoms with Crippen LogP contribution in [0.2, 0.25) is 0 Å². The van der Waals surface area contributed by atoms with Gasteiger partial charge in [0.25, 0.3) is 0 Å². The van der Waals surface area contributed by atoms with Crippen LogP contribution in [-0.2, 0) is 4.79 Å². The molecule has 1 saturated heterocycles. The van der Waals surface area contributed by atoms with E-state index in [9.17, 15) is 4.79 Å². The summed E-state index contributed by atoms with van der Waals surface area (Å²) in [6, 6.07) is 0.709. The predicted octanol–water partition coefficient (Wildman–Crippen LogP) is 1.24. The third-order valence-corrected chi connectivity index (χ3v) is 2.60. The van der Waals surface area contributed by atoms with Crippen LogP contribution in [0.15, 0.2) is 0 Å². The Balaban J connectivity index is 2.35. The van der Waals surface area contributed by atoms with Crippen LogP contribution in [0.5, 0.6) is 0 Å². The van der Waals surface area contributed by atoms with E-state index in [0.29, 0.717) is 30.3 Å². The predicted molar refractivity (Wildman–Crippen MR) is 58.1 cm³/mol. The van der Waals surface area contributed by atoms with Gasteiger partial charge in [-0.1, -0.05) is 13.8 Å². The average molecular weight is 198 g/mol. The van der Waals surface area contributed by atoms with Crippen LogP contribution in [-0.4, -0.2) is 36.0 Å². The maximum absolute atomic E-state index is 11.6. The lowest BCUT2D eigenvalue weighted by Gasteiger charge is -2.21. The van der Waals surface area contributed by atoms with Gasteiger partial charge >= 0.3 is 0 Å². The van der Waals surface area contributed by atoms with E-state index in [2.05, 4.69) is 33.0 Å². The van der Waals surface area contributed by atoms with E-state index in [1.807, 2.05) is 4.90 Å². The minimum absolute atomic E-state index is 0.293. The van der Waals surface area contributed by atoms with E-state index in [1.165, 1.54) is 0 Å². The van der Waals surface area contributed by atoms with Crippen LogP contribution in [0.4, 0.5) is 0 Å². The Morgan fingerprint density at radius 2 is 2.07 bits per heavy atom. The van der Waals surface area contributed by atoms with Gasteiger partial charge < -0.3 is 10.2 Å². The number of likely N-dealkylation sites (tertiary alicyclic amines) is 1. The maximum Gasteiger partial charge on any atom is 0.224 e. The number of amides is 1. The Morgan fingerprint density at radius 3 is 2.50 bits per heavy atom. The molecule has 1 N–H and O–H groups in total. The number of hydrogen-bond donors (Lipinski definition) is 1. The van der Waals surface area contributed by atoms with Crippen LogP contribution in [0.3, 0.4) is 0 Å². The highest BCUT2D eigenvalue weighted by molar-refractivity contribution is 5.79. The number of hydrogen-bond acceptors (Lipinski definition) is 2. The molecule has 0 radical (unpaired) electrons. The second-order valence-electron chi connectivity index (χ2n) is 4.84. The van der Waals surface area contributed by atoms with Crippen molar-refractivity contribution in [3.8, 4) is 0 Å². The monoisotopic (exact) mass is 198 g/mol. The largest absolute Gasteiger partial charge is 0.339 e. The van der Waals surface area contributed by atoms with Crippen molar-refractivity contribution >= 4 is 5.91 Å². The molecule has 1 fully saturated rings. The van der Waals surface area contributed by atoms with E-state index in [4.69, 9.17) is 0 Å². The molecule has 3 heteroatoms. The third-order valence-electron chi connectivity index (χ3n) is 2.60. The summed E-state index contributed by atoms with van der Waals surface area (Å²) in [6.45, 7) is 10.4.